The maximum atomic E-state index is 10.9. The summed E-state index contributed by atoms with van der Waals surface area (Å²) in [6.07, 6.45) is 2.87. The summed E-state index contributed by atoms with van der Waals surface area (Å²) in [5.74, 6) is -0.620. The molecule has 0 spiro atoms. The first kappa shape index (κ1) is 8.11. The van der Waals surface area contributed by atoms with Crippen molar-refractivity contribution >= 4 is 12.0 Å². The molecule has 11 heavy (non-hydrogen) atoms. The number of carbonyl (C=O) groups excluding carboxylic acids is 2. The van der Waals surface area contributed by atoms with Crippen LogP contribution >= 0.6 is 0 Å². The predicted octanol–water partition coefficient (Wildman–Crippen LogP) is 0.275. The van der Waals surface area contributed by atoms with Crippen LogP contribution in [0.2, 0.25) is 0 Å². The number of nitrogens with zero attached hydrogens (tertiary/aromatic N) is 1. The van der Waals surface area contributed by atoms with Gasteiger partial charge in [0.25, 0.3) is 5.91 Å². The number of hydrogen-bond donors (Lipinski definition) is 0. The molecule has 1 rings (SSSR count). The van der Waals surface area contributed by atoms with E-state index in [9.17, 15) is 9.59 Å². The molecule has 4 heteroatoms. The Kier molecular flexibility index (Phi) is 2.95. The first-order valence-corrected chi connectivity index (χ1v) is 3.54. The van der Waals surface area contributed by atoms with Crippen molar-refractivity contribution in [2.24, 2.45) is 10.9 Å². The van der Waals surface area contributed by atoms with Gasteiger partial charge in [-0.05, 0) is 12.8 Å². The Bertz CT molecular complexity index is 190. The normalized spacial score (nSPS) is 23.8. The molecule has 4 nitrogen and oxygen atoms in total. The van der Waals surface area contributed by atoms with E-state index >= 15 is 0 Å². The number of isocyanates is 1. The van der Waals surface area contributed by atoms with Gasteiger partial charge < -0.3 is 4.74 Å². The predicted molar refractivity (Wildman–Crippen MR) is 36.7 cm³/mol. The lowest BCUT2D eigenvalue weighted by Crippen LogP contribution is -2.23. The van der Waals surface area contributed by atoms with E-state index < -0.39 is 5.91 Å². The van der Waals surface area contributed by atoms with E-state index in [1.807, 2.05) is 0 Å². The molecule has 1 aliphatic heterocycles. The molecule has 60 valence electrons. The van der Waals surface area contributed by atoms with Crippen molar-refractivity contribution < 1.29 is 14.3 Å². The second-order valence-corrected chi connectivity index (χ2v) is 2.46. The summed E-state index contributed by atoms with van der Waals surface area (Å²) < 4.78 is 5.04. The summed E-state index contributed by atoms with van der Waals surface area (Å²) in [6, 6.07) is 0. The van der Waals surface area contributed by atoms with Crippen LogP contribution in [0.5, 0.6) is 0 Å². The van der Waals surface area contributed by atoms with Crippen molar-refractivity contribution in [2.75, 3.05) is 13.2 Å². The molecule has 0 aromatic carbocycles. The van der Waals surface area contributed by atoms with Crippen LogP contribution < -0.4 is 0 Å². The Morgan fingerprint density at radius 2 is 2.45 bits per heavy atom. The van der Waals surface area contributed by atoms with Crippen LogP contribution in [0, 0.1) is 5.92 Å². The fourth-order valence-corrected chi connectivity index (χ4v) is 1.07. The summed E-state index contributed by atoms with van der Waals surface area (Å²) in [5, 5.41) is 0. The molecule has 0 aromatic rings. The minimum Gasteiger partial charge on any atom is -0.381 e. The van der Waals surface area contributed by atoms with Crippen molar-refractivity contribution in [1.82, 2.24) is 0 Å². The van der Waals surface area contributed by atoms with E-state index in [0.29, 0.717) is 13.2 Å². The highest BCUT2D eigenvalue weighted by atomic mass is 16.5. The Balaban J connectivity index is 2.44. The number of rotatable bonds is 1. The van der Waals surface area contributed by atoms with Crippen molar-refractivity contribution in [3.63, 3.8) is 0 Å². The first-order chi connectivity index (χ1) is 5.34. The van der Waals surface area contributed by atoms with E-state index in [2.05, 4.69) is 4.99 Å². The summed E-state index contributed by atoms with van der Waals surface area (Å²) >= 11 is 0. The molecule has 1 amide bonds. The van der Waals surface area contributed by atoms with E-state index in [-0.39, 0.29) is 5.92 Å². The zero-order valence-electron chi connectivity index (χ0n) is 6.08. The SMILES string of the molecule is O=C=NC(=O)C1CCCOC1. The molecule has 0 saturated carbocycles. The van der Waals surface area contributed by atoms with Crippen molar-refractivity contribution in [1.29, 1.82) is 0 Å². The highest BCUT2D eigenvalue weighted by Crippen LogP contribution is 2.14. The van der Waals surface area contributed by atoms with Crippen LogP contribution in [0.3, 0.4) is 0 Å². The van der Waals surface area contributed by atoms with Gasteiger partial charge in [0, 0.05) is 6.61 Å². The molecule has 1 fully saturated rings. The zero-order valence-corrected chi connectivity index (χ0v) is 6.08. The summed E-state index contributed by atoms with van der Waals surface area (Å²) in [4.78, 5) is 23.6. The lowest BCUT2D eigenvalue weighted by molar-refractivity contribution is -0.125. The lowest BCUT2D eigenvalue weighted by Gasteiger charge is -2.17. The maximum absolute atomic E-state index is 10.9. The van der Waals surface area contributed by atoms with Crippen LogP contribution in [-0.2, 0) is 14.3 Å². The standard InChI is InChI=1S/C7H9NO3/c9-5-8-7(10)6-2-1-3-11-4-6/h6H,1-4H2. The molecule has 1 saturated heterocycles. The van der Waals surface area contributed by atoms with E-state index in [1.54, 1.807) is 0 Å². The van der Waals surface area contributed by atoms with Gasteiger partial charge in [-0.3, -0.25) is 4.79 Å². The fraction of sp³-hybridized carbons (Fsp3) is 0.714. The molecule has 1 heterocycles. The van der Waals surface area contributed by atoms with Gasteiger partial charge in [-0.15, -0.1) is 4.99 Å². The minimum absolute atomic E-state index is 0.217. The molecular weight excluding hydrogens is 146 g/mol. The average molecular weight is 155 g/mol. The Labute approximate surface area is 64.3 Å². The summed E-state index contributed by atoms with van der Waals surface area (Å²) in [6.45, 7) is 1.10. The molecular formula is C7H9NO3. The summed E-state index contributed by atoms with van der Waals surface area (Å²) in [5.41, 5.74) is 0. The third-order valence-electron chi connectivity index (χ3n) is 1.67. The average Bonchev–Trinajstić information content (AvgIpc) is 2.07. The molecule has 0 N–H and O–H groups in total. The maximum Gasteiger partial charge on any atom is 0.261 e. The Hall–Kier alpha value is -0.990. The number of amides is 1. The topological polar surface area (TPSA) is 55.7 Å². The highest BCUT2D eigenvalue weighted by molar-refractivity contribution is 5.83. The quantitative estimate of drug-likeness (QED) is 0.403. The van der Waals surface area contributed by atoms with Crippen LogP contribution in [0.25, 0.3) is 0 Å². The molecule has 0 aliphatic carbocycles. The molecule has 0 bridgehead atoms. The van der Waals surface area contributed by atoms with E-state index in [4.69, 9.17) is 4.74 Å². The number of carbonyl (C=O) groups is 1. The van der Waals surface area contributed by atoms with E-state index in [1.165, 1.54) is 6.08 Å². The number of aliphatic imine (C=N–C) groups is 1. The number of ether oxygens (including phenoxy) is 1. The van der Waals surface area contributed by atoms with Gasteiger partial charge in [0.05, 0.1) is 12.5 Å². The number of hydrogen-bond acceptors (Lipinski definition) is 3. The Morgan fingerprint density at radius 1 is 1.64 bits per heavy atom. The van der Waals surface area contributed by atoms with Gasteiger partial charge in [0.1, 0.15) is 0 Å². The fourth-order valence-electron chi connectivity index (χ4n) is 1.07. The van der Waals surface area contributed by atoms with Gasteiger partial charge >= 0.3 is 0 Å². The smallest absolute Gasteiger partial charge is 0.261 e. The minimum atomic E-state index is -0.403. The second-order valence-electron chi connectivity index (χ2n) is 2.46. The van der Waals surface area contributed by atoms with Crippen molar-refractivity contribution in [2.45, 2.75) is 12.8 Å². The van der Waals surface area contributed by atoms with Gasteiger partial charge in [-0.25, -0.2) is 4.79 Å². The van der Waals surface area contributed by atoms with E-state index in [0.717, 1.165) is 12.8 Å². The van der Waals surface area contributed by atoms with Crippen LogP contribution in [0.4, 0.5) is 0 Å². The third-order valence-corrected chi connectivity index (χ3v) is 1.67. The zero-order chi connectivity index (χ0) is 8.10. The molecule has 0 aromatic heterocycles. The monoisotopic (exact) mass is 155 g/mol. The van der Waals surface area contributed by atoms with Gasteiger partial charge in [-0.2, -0.15) is 0 Å². The summed E-state index contributed by atoms with van der Waals surface area (Å²) in [7, 11) is 0. The molecule has 1 atom stereocenters. The molecule has 1 unspecified atom stereocenters. The Morgan fingerprint density at radius 3 is 3.00 bits per heavy atom. The van der Waals surface area contributed by atoms with Crippen LogP contribution in [0.1, 0.15) is 12.8 Å². The molecule has 0 radical (unpaired) electrons. The van der Waals surface area contributed by atoms with Gasteiger partial charge in [0.2, 0.25) is 6.08 Å². The molecule has 1 aliphatic rings. The second kappa shape index (κ2) is 4.01. The third kappa shape index (κ3) is 2.26. The highest BCUT2D eigenvalue weighted by Gasteiger charge is 2.20. The first-order valence-electron chi connectivity index (χ1n) is 3.54. The van der Waals surface area contributed by atoms with Crippen molar-refractivity contribution in [3.05, 3.63) is 0 Å². The van der Waals surface area contributed by atoms with Crippen LogP contribution in [-0.4, -0.2) is 25.2 Å². The van der Waals surface area contributed by atoms with Gasteiger partial charge in [0.15, 0.2) is 0 Å². The van der Waals surface area contributed by atoms with Crippen LogP contribution in [0.15, 0.2) is 4.99 Å². The van der Waals surface area contributed by atoms with Gasteiger partial charge in [-0.1, -0.05) is 0 Å². The lowest BCUT2D eigenvalue weighted by atomic mass is 10.0. The van der Waals surface area contributed by atoms with Crippen molar-refractivity contribution in [3.8, 4) is 0 Å². The largest absolute Gasteiger partial charge is 0.381 e.